The summed E-state index contributed by atoms with van der Waals surface area (Å²) >= 11 is 12.3. The SMILES string of the molecule is CCOc1cn(-c2ccc(Cl)cc2Cl)nc1C(=O)Nc1ccc(Oc2ccnc3cc(OC)c(OC)cc23)cn1. The molecular weight excluding hydrogens is 557 g/mol. The lowest BCUT2D eigenvalue weighted by molar-refractivity contribution is 0.101. The second-order valence-electron chi connectivity index (χ2n) is 8.28. The van der Waals surface area contributed by atoms with Gasteiger partial charge in [-0.2, -0.15) is 5.10 Å². The van der Waals surface area contributed by atoms with Crippen LogP contribution in [0.15, 0.2) is 67.1 Å². The van der Waals surface area contributed by atoms with E-state index in [2.05, 4.69) is 20.4 Å². The number of pyridine rings is 2. The zero-order chi connectivity index (χ0) is 28.2. The van der Waals surface area contributed by atoms with Gasteiger partial charge >= 0.3 is 0 Å². The third-order valence-electron chi connectivity index (χ3n) is 5.76. The van der Waals surface area contributed by atoms with Crippen molar-refractivity contribution in [3.63, 3.8) is 0 Å². The molecule has 2 aromatic carbocycles. The lowest BCUT2D eigenvalue weighted by atomic mass is 10.2. The number of carbonyl (C=O) groups is 1. The summed E-state index contributed by atoms with van der Waals surface area (Å²) in [5, 5.41) is 8.72. The van der Waals surface area contributed by atoms with Crippen LogP contribution in [-0.4, -0.2) is 46.5 Å². The Morgan fingerprint density at radius 3 is 2.45 bits per heavy atom. The first-order chi connectivity index (χ1) is 19.4. The number of aromatic nitrogens is 4. The molecule has 0 atom stereocenters. The number of hydrogen-bond acceptors (Lipinski definition) is 8. The van der Waals surface area contributed by atoms with E-state index >= 15 is 0 Å². The second kappa shape index (κ2) is 11.7. The van der Waals surface area contributed by atoms with Crippen LogP contribution >= 0.6 is 23.2 Å². The molecule has 5 aromatic rings. The van der Waals surface area contributed by atoms with Crippen molar-refractivity contribution in [1.29, 1.82) is 0 Å². The molecule has 0 aliphatic carbocycles. The number of amides is 1. The molecule has 3 heterocycles. The fourth-order valence-corrected chi connectivity index (χ4v) is 4.42. The Morgan fingerprint density at radius 1 is 0.950 bits per heavy atom. The van der Waals surface area contributed by atoms with Crippen LogP contribution in [-0.2, 0) is 0 Å². The van der Waals surface area contributed by atoms with Crippen molar-refractivity contribution in [2.45, 2.75) is 6.92 Å². The van der Waals surface area contributed by atoms with E-state index in [0.29, 0.717) is 62.4 Å². The molecule has 0 radical (unpaired) electrons. The van der Waals surface area contributed by atoms with E-state index in [0.717, 1.165) is 5.39 Å². The minimum atomic E-state index is -0.505. The Morgan fingerprint density at radius 2 is 1.75 bits per heavy atom. The summed E-state index contributed by atoms with van der Waals surface area (Å²) in [5.74, 6) is 2.21. The summed E-state index contributed by atoms with van der Waals surface area (Å²) in [5.41, 5.74) is 1.30. The van der Waals surface area contributed by atoms with Crippen molar-refractivity contribution in [1.82, 2.24) is 19.7 Å². The first kappa shape index (κ1) is 27.0. The van der Waals surface area contributed by atoms with Gasteiger partial charge in [-0.25, -0.2) is 9.67 Å². The largest absolute Gasteiger partial charge is 0.493 e. The van der Waals surface area contributed by atoms with Crippen LogP contribution in [0.1, 0.15) is 17.4 Å². The third kappa shape index (κ3) is 5.58. The summed E-state index contributed by atoms with van der Waals surface area (Å²) in [6.07, 6.45) is 4.72. The van der Waals surface area contributed by atoms with Crippen molar-refractivity contribution in [3.05, 3.63) is 82.9 Å². The predicted molar refractivity (Wildman–Crippen MR) is 152 cm³/mol. The Kier molecular flexibility index (Phi) is 7.90. The Bertz CT molecular complexity index is 1690. The highest BCUT2D eigenvalue weighted by Gasteiger charge is 2.21. The molecule has 0 fully saturated rings. The van der Waals surface area contributed by atoms with Gasteiger partial charge in [-0.15, -0.1) is 0 Å². The summed E-state index contributed by atoms with van der Waals surface area (Å²) in [7, 11) is 3.13. The predicted octanol–water partition coefficient (Wildman–Crippen LogP) is 6.58. The standard InChI is InChI=1S/C28H23Cl2N5O5/c1-4-39-25-15-35(21-7-5-16(29)11-19(21)30)34-27(25)28(36)33-26-8-6-17(14-32-26)40-22-9-10-31-20-13-24(38-3)23(37-2)12-18(20)22/h5-15H,4H2,1-3H3,(H,32,33,36). The van der Waals surface area contributed by atoms with E-state index in [1.165, 1.54) is 10.9 Å². The monoisotopic (exact) mass is 579 g/mol. The van der Waals surface area contributed by atoms with Gasteiger partial charge in [0, 0.05) is 22.7 Å². The normalized spacial score (nSPS) is 10.8. The number of ether oxygens (including phenoxy) is 4. The number of nitrogens with zero attached hydrogens (tertiary/aromatic N) is 4. The maximum absolute atomic E-state index is 13.1. The quantitative estimate of drug-likeness (QED) is 0.208. The molecule has 3 aromatic heterocycles. The smallest absolute Gasteiger partial charge is 0.281 e. The van der Waals surface area contributed by atoms with Crippen molar-refractivity contribution in [3.8, 4) is 34.4 Å². The number of rotatable bonds is 9. The summed E-state index contributed by atoms with van der Waals surface area (Å²) in [6.45, 7) is 2.15. The van der Waals surface area contributed by atoms with Crippen LogP contribution in [0.4, 0.5) is 5.82 Å². The first-order valence-corrected chi connectivity index (χ1v) is 12.8. The minimum absolute atomic E-state index is 0.0719. The van der Waals surface area contributed by atoms with E-state index in [9.17, 15) is 4.79 Å². The number of benzene rings is 2. The second-order valence-corrected chi connectivity index (χ2v) is 9.13. The summed E-state index contributed by atoms with van der Waals surface area (Å²) < 4.78 is 23.9. The number of halogens is 2. The molecule has 0 spiro atoms. The van der Waals surface area contributed by atoms with E-state index in [-0.39, 0.29) is 5.69 Å². The van der Waals surface area contributed by atoms with Gasteiger partial charge in [0.1, 0.15) is 17.3 Å². The molecule has 0 aliphatic heterocycles. The molecule has 204 valence electrons. The molecule has 10 nitrogen and oxygen atoms in total. The topological polar surface area (TPSA) is 110 Å². The summed E-state index contributed by atoms with van der Waals surface area (Å²) in [6, 6.07) is 13.6. The molecule has 1 amide bonds. The molecule has 0 saturated carbocycles. The highest BCUT2D eigenvalue weighted by Crippen LogP contribution is 2.37. The van der Waals surface area contributed by atoms with Crippen LogP contribution in [0.3, 0.4) is 0 Å². The maximum atomic E-state index is 13.1. The van der Waals surface area contributed by atoms with Crippen LogP contribution in [0.25, 0.3) is 16.6 Å². The number of nitrogens with one attached hydrogen (secondary N) is 1. The Hall–Kier alpha value is -4.54. The molecule has 5 rings (SSSR count). The Balaban J connectivity index is 1.35. The maximum Gasteiger partial charge on any atom is 0.281 e. The van der Waals surface area contributed by atoms with Gasteiger partial charge in [-0.1, -0.05) is 23.2 Å². The van der Waals surface area contributed by atoms with Crippen LogP contribution < -0.4 is 24.3 Å². The van der Waals surface area contributed by atoms with Gasteiger partial charge < -0.3 is 24.3 Å². The van der Waals surface area contributed by atoms with E-state index in [1.54, 1.807) is 75.1 Å². The van der Waals surface area contributed by atoms with Crippen molar-refractivity contribution in [2.75, 3.05) is 26.1 Å². The van der Waals surface area contributed by atoms with Gasteiger partial charge in [-0.05, 0) is 49.4 Å². The van der Waals surface area contributed by atoms with Crippen LogP contribution in [0, 0.1) is 0 Å². The average Bonchev–Trinajstić information content (AvgIpc) is 3.37. The highest BCUT2D eigenvalue weighted by atomic mass is 35.5. The fourth-order valence-electron chi connectivity index (χ4n) is 3.92. The molecule has 0 saturated heterocycles. The minimum Gasteiger partial charge on any atom is -0.493 e. The van der Waals surface area contributed by atoms with Gasteiger partial charge in [0.2, 0.25) is 0 Å². The molecule has 1 N–H and O–H groups in total. The molecule has 12 heteroatoms. The molecule has 40 heavy (non-hydrogen) atoms. The van der Waals surface area contributed by atoms with E-state index in [1.807, 2.05) is 6.92 Å². The molecule has 0 unspecified atom stereocenters. The van der Waals surface area contributed by atoms with Crippen molar-refractivity contribution in [2.24, 2.45) is 0 Å². The molecule has 0 bridgehead atoms. The van der Waals surface area contributed by atoms with Crippen LogP contribution in [0.5, 0.6) is 28.7 Å². The zero-order valence-corrected chi connectivity index (χ0v) is 23.2. The lowest BCUT2D eigenvalue weighted by Crippen LogP contribution is -2.15. The van der Waals surface area contributed by atoms with Crippen molar-refractivity contribution < 1.29 is 23.7 Å². The number of carbonyl (C=O) groups excluding carboxylic acids is 1. The van der Waals surface area contributed by atoms with Gasteiger partial charge in [0.05, 0.1) is 49.4 Å². The van der Waals surface area contributed by atoms with E-state index < -0.39 is 5.91 Å². The number of anilines is 1. The Labute approximate surface area is 239 Å². The number of methoxy groups -OCH3 is 2. The number of hydrogen-bond donors (Lipinski definition) is 1. The van der Waals surface area contributed by atoms with Gasteiger partial charge in [-0.3, -0.25) is 9.78 Å². The van der Waals surface area contributed by atoms with Gasteiger partial charge in [0.15, 0.2) is 22.9 Å². The lowest BCUT2D eigenvalue weighted by Gasteiger charge is -2.12. The molecule has 0 aliphatic rings. The van der Waals surface area contributed by atoms with Gasteiger partial charge in [0.25, 0.3) is 5.91 Å². The van der Waals surface area contributed by atoms with Crippen LogP contribution in [0.2, 0.25) is 10.0 Å². The first-order valence-electron chi connectivity index (χ1n) is 12.0. The summed E-state index contributed by atoms with van der Waals surface area (Å²) in [4.78, 5) is 21.8. The van der Waals surface area contributed by atoms with Crippen molar-refractivity contribution >= 4 is 45.8 Å². The highest BCUT2D eigenvalue weighted by molar-refractivity contribution is 6.35. The van der Waals surface area contributed by atoms with E-state index in [4.69, 9.17) is 42.1 Å². The molecular formula is C28H23Cl2N5O5. The fraction of sp³-hybridized carbons (Fsp3) is 0.143. The zero-order valence-electron chi connectivity index (χ0n) is 21.6. The third-order valence-corrected chi connectivity index (χ3v) is 6.30. The number of fused-ring (bicyclic) bond motifs is 1. The average molecular weight is 580 g/mol.